The van der Waals surface area contributed by atoms with Crippen LogP contribution in [0.1, 0.15) is 12.1 Å². The Bertz CT molecular complexity index is 822. The van der Waals surface area contributed by atoms with Crippen molar-refractivity contribution >= 4 is 45.9 Å². The van der Waals surface area contributed by atoms with E-state index < -0.39 is 17.1 Å². The van der Waals surface area contributed by atoms with E-state index in [1.165, 1.54) is 0 Å². The number of hydrogen-bond donors (Lipinski definition) is 2. The second-order valence-corrected chi connectivity index (χ2v) is 5.79. The van der Waals surface area contributed by atoms with E-state index in [9.17, 15) is 14.4 Å². The lowest BCUT2D eigenvalue weighted by atomic mass is 10.2. The Labute approximate surface area is 129 Å². The van der Waals surface area contributed by atoms with E-state index in [-0.39, 0.29) is 6.42 Å². The zero-order valence-corrected chi connectivity index (χ0v) is 12.2. The summed E-state index contributed by atoms with van der Waals surface area (Å²) in [5, 5.41) is 11.7. The molecule has 1 aliphatic rings. The van der Waals surface area contributed by atoms with E-state index in [2.05, 4.69) is 5.32 Å². The molecule has 1 aromatic heterocycles. The number of carbonyl (C=O) groups excluding carboxylic acids is 2. The minimum atomic E-state index is -0.889. The van der Waals surface area contributed by atoms with Crippen molar-refractivity contribution in [3.05, 3.63) is 40.9 Å². The fourth-order valence-electron chi connectivity index (χ4n) is 2.36. The molecule has 1 saturated heterocycles. The number of aromatic nitrogens is 1. The molecule has 2 aromatic rings. The number of hydrogen-bond acceptors (Lipinski definition) is 4. The molecular formula is C15H12N2O4S. The van der Waals surface area contributed by atoms with Gasteiger partial charge < -0.3 is 9.67 Å². The van der Waals surface area contributed by atoms with Crippen LogP contribution in [0.15, 0.2) is 35.2 Å². The van der Waals surface area contributed by atoms with E-state index in [4.69, 9.17) is 5.11 Å². The van der Waals surface area contributed by atoms with Gasteiger partial charge in [0.1, 0.15) is 0 Å². The average molecular weight is 316 g/mol. The monoisotopic (exact) mass is 316 g/mol. The zero-order chi connectivity index (χ0) is 15.7. The summed E-state index contributed by atoms with van der Waals surface area (Å²) in [7, 11) is 0. The lowest BCUT2D eigenvalue weighted by Gasteiger charge is -2.07. The van der Waals surface area contributed by atoms with Crippen molar-refractivity contribution in [1.29, 1.82) is 0 Å². The largest absolute Gasteiger partial charge is 0.481 e. The van der Waals surface area contributed by atoms with E-state index >= 15 is 0 Å². The summed E-state index contributed by atoms with van der Waals surface area (Å²) in [4.78, 5) is 34.0. The molecule has 6 nitrogen and oxygen atoms in total. The average Bonchev–Trinajstić information content (AvgIpc) is 2.96. The van der Waals surface area contributed by atoms with Gasteiger partial charge in [-0.15, -0.1) is 0 Å². The number of amides is 2. The third kappa shape index (κ3) is 2.75. The highest BCUT2D eigenvalue weighted by Crippen LogP contribution is 2.28. The second kappa shape index (κ2) is 5.69. The van der Waals surface area contributed by atoms with Crippen molar-refractivity contribution in [1.82, 2.24) is 9.88 Å². The maximum atomic E-state index is 11.7. The van der Waals surface area contributed by atoms with E-state index in [0.717, 1.165) is 22.7 Å². The molecule has 0 radical (unpaired) electrons. The van der Waals surface area contributed by atoms with Gasteiger partial charge in [-0.3, -0.25) is 19.7 Å². The lowest BCUT2D eigenvalue weighted by Crippen LogP contribution is -2.17. The summed E-state index contributed by atoms with van der Waals surface area (Å²) in [6, 6.07) is 9.45. The molecule has 7 heteroatoms. The molecule has 1 fully saturated rings. The summed E-state index contributed by atoms with van der Waals surface area (Å²) >= 11 is 0.843. The summed E-state index contributed by atoms with van der Waals surface area (Å²) < 4.78 is 1.84. The van der Waals surface area contributed by atoms with Gasteiger partial charge in [0.15, 0.2) is 0 Å². The van der Waals surface area contributed by atoms with Crippen LogP contribution in [0, 0.1) is 0 Å². The van der Waals surface area contributed by atoms with Gasteiger partial charge in [0.05, 0.1) is 11.3 Å². The molecule has 0 aliphatic carbocycles. The van der Waals surface area contributed by atoms with Crippen LogP contribution in [0.5, 0.6) is 0 Å². The SMILES string of the molecule is O=C(O)CCn1c(C=C2SC(=O)NC2=O)cc2ccccc21. The summed E-state index contributed by atoms with van der Waals surface area (Å²) in [6.45, 7) is 0.294. The summed E-state index contributed by atoms with van der Waals surface area (Å²) in [5.74, 6) is -1.32. The van der Waals surface area contributed by atoms with Crippen molar-refractivity contribution < 1.29 is 19.5 Å². The molecule has 112 valence electrons. The minimum Gasteiger partial charge on any atom is -0.481 e. The van der Waals surface area contributed by atoms with Crippen LogP contribution in [0.2, 0.25) is 0 Å². The number of carboxylic acids is 1. The van der Waals surface area contributed by atoms with E-state index in [1.54, 1.807) is 6.08 Å². The Morgan fingerprint density at radius 1 is 1.32 bits per heavy atom. The zero-order valence-electron chi connectivity index (χ0n) is 11.4. The number of aliphatic carboxylic acids is 1. The molecule has 1 aromatic carbocycles. The van der Waals surface area contributed by atoms with Crippen molar-refractivity contribution in [3.8, 4) is 0 Å². The number of nitrogens with one attached hydrogen (secondary N) is 1. The van der Waals surface area contributed by atoms with Crippen LogP contribution in [0.25, 0.3) is 17.0 Å². The van der Waals surface area contributed by atoms with Crippen LogP contribution in [-0.4, -0.2) is 26.8 Å². The maximum absolute atomic E-state index is 11.7. The predicted octanol–water partition coefficient (Wildman–Crippen LogP) is 2.44. The number of benzene rings is 1. The van der Waals surface area contributed by atoms with E-state index in [0.29, 0.717) is 17.1 Å². The number of carbonyl (C=O) groups is 3. The van der Waals surface area contributed by atoms with Gasteiger partial charge >= 0.3 is 5.97 Å². The van der Waals surface area contributed by atoms with Gasteiger partial charge in [-0.1, -0.05) is 18.2 Å². The van der Waals surface area contributed by atoms with Crippen LogP contribution < -0.4 is 5.32 Å². The number of nitrogens with zero attached hydrogens (tertiary/aromatic N) is 1. The fraction of sp³-hybridized carbons (Fsp3) is 0.133. The number of carboxylic acid groups (broad SMARTS) is 1. The van der Waals surface area contributed by atoms with Gasteiger partial charge in [0.25, 0.3) is 11.1 Å². The number of para-hydroxylation sites is 1. The third-order valence-corrected chi connectivity index (χ3v) is 4.12. The molecule has 1 aliphatic heterocycles. The van der Waals surface area contributed by atoms with Crippen LogP contribution in [0.3, 0.4) is 0 Å². The van der Waals surface area contributed by atoms with Crippen molar-refractivity contribution in [3.63, 3.8) is 0 Å². The summed E-state index contributed by atoms with van der Waals surface area (Å²) in [6.07, 6.45) is 1.60. The fourth-order valence-corrected chi connectivity index (χ4v) is 3.03. The predicted molar refractivity (Wildman–Crippen MR) is 83.3 cm³/mol. The number of rotatable bonds is 4. The number of imide groups is 1. The Hall–Kier alpha value is -2.54. The van der Waals surface area contributed by atoms with Crippen molar-refractivity contribution in [2.24, 2.45) is 0 Å². The Morgan fingerprint density at radius 3 is 2.77 bits per heavy atom. The van der Waals surface area contributed by atoms with Crippen LogP contribution in [0.4, 0.5) is 4.79 Å². The molecule has 0 saturated carbocycles. The maximum Gasteiger partial charge on any atom is 0.305 e. The van der Waals surface area contributed by atoms with Gasteiger partial charge in [-0.2, -0.15) is 0 Å². The van der Waals surface area contributed by atoms with Gasteiger partial charge in [0, 0.05) is 23.1 Å². The minimum absolute atomic E-state index is 0.0207. The molecule has 0 spiro atoms. The molecule has 2 heterocycles. The lowest BCUT2D eigenvalue weighted by molar-refractivity contribution is -0.137. The molecule has 0 atom stereocenters. The van der Waals surface area contributed by atoms with Crippen LogP contribution in [-0.2, 0) is 16.1 Å². The molecule has 2 amide bonds. The quantitative estimate of drug-likeness (QED) is 0.846. The van der Waals surface area contributed by atoms with Gasteiger partial charge in [0.2, 0.25) is 0 Å². The topological polar surface area (TPSA) is 88.4 Å². The standard InChI is InChI=1S/C15H12N2O4S/c18-13(19)5-6-17-10(7-9-3-1-2-4-11(9)17)8-12-14(20)16-15(21)22-12/h1-4,7-8H,5-6H2,(H,18,19)(H,16,20,21). The normalized spacial score (nSPS) is 16.5. The highest BCUT2D eigenvalue weighted by atomic mass is 32.2. The molecule has 0 unspecified atom stereocenters. The molecule has 3 rings (SSSR count). The van der Waals surface area contributed by atoms with Crippen molar-refractivity contribution in [2.45, 2.75) is 13.0 Å². The number of fused-ring (bicyclic) bond motifs is 1. The number of thioether (sulfide) groups is 1. The third-order valence-electron chi connectivity index (χ3n) is 3.31. The highest BCUT2D eigenvalue weighted by molar-refractivity contribution is 8.18. The highest BCUT2D eigenvalue weighted by Gasteiger charge is 2.25. The number of aryl methyl sites for hydroxylation is 1. The molecule has 0 bridgehead atoms. The first-order valence-electron chi connectivity index (χ1n) is 6.59. The van der Waals surface area contributed by atoms with Crippen LogP contribution >= 0.6 is 11.8 Å². The molecular weight excluding hydrogens is 304 g/mol. The molecule has 2 N–H and O–H groups in total. The van der Waals surface area contributed by atoms with E-state index in [1.807, 2.05) is 34.9 Å². The summed E-state index contributed by atoms with van der Waals surface area (Å²) in [5.41, 5.74) is 1.60. The van der Waals surface area contributed by atoms with Gasteiger partial charge in [-0.25, -0.2) is 0 Å². The first-order chi connectivity index (χ1) is 10.5. The van der Waals surface area contributed by atoms with Gasteiger partial charge in [-0.05, 0) is 30.0 Å². The first kappa shape index (κ1) is 14.4. The van der Waals surface area contributed by atoms with Crippen molar-refractivity contribution in [2.75, 3.05) is 0 Å². The molecule has 22 heavy (non-hydrogen) atoms. The second-order valence-electron chi connectivity index (χ2n) is 4.78. The smallest absolute Gasteiger partial charge is 0.305 e. The Kier molecular flexibility index (Phi) is 3.72. The first-order valence-corrected chi connectivity index (χ1v) is 7.41. The Morgan fingerprint density at radius 2 is 2.09 bits per heavy atom. The Balaban J connectivity index is 2.06.